The van der Waals surface area contributed by atoms with Crippen molar-refractivity contribution < 1.29 is 28.6 Å². The molecule has 0 aromatic carbocycles. The third kappa shape index (κ3) is 29.9. The zero-order chi connectivity index (χ0) is 27.4. The van der Waals surface area contributed by atoms with E-state index < -0.39 is 5.97 Å². The van der Waals surface area contributed by atoms with E-state index in [-0.39, 0.29) is 25.2 Å². The molecule has 0 aromatic rings. The summed E-state index contributed by atoms with van der Waals surface area (Å²) in [6.45, 7) is 14.5. The second kappa shape index (κ2) is 27.5. The molecule has 0 radical (unpaired) electrons. The van der Waals surface area contributed by atoms with Gasteiger partial charge in [0.1, 0.15) is 13.2 Å². The van der Waals surface area contributed by atoms with Crippen LogP contribution in [0.25, 0.3) is 0 Å². The highest BCUT2D eigenvalue weighted by Gasteiger charge is 2.03. The van der Waals surface area contributed by atoms with Crippen molar-refractivity contribution in [3.05, 3.63) is 24.3 Å². The van der Waals surface area contributed by atoms with Gasteiger partial charge in [-0.15, -0.1) is 0 Å². The Labute approximate surface area is 221 Å². The number of esters is 3. The Morgan fingerprint density at radius 2 is 0.778 bits per heavy atom. The van der Waals surface area contributed by atoms with E-state index in [1.54, 1.807) is 13.8 Å². The molecule has 0 bridgehead atoms. The van der Waals surface area contributed by atoms with Crippen LogP contribution in [0.15, 0.2) is 24.3 Å². The molecule has 6 heteroatoms. The molecule has 0 unspecified atom stereocenters. The largest absolute Gasteiger partial charge is 0.462 e. The summed E-state index contributed by atoms with van der Waals surface area (Å²) in [6.07, 6.45) is 21.7. The van der Waals surface area contributed by atoms with Crippen molar-refractivity contribution in [2.24, 2.45) is 0 Å². The summed E-state index contributed by atoms with van der Waals surface area (Å²) in [5, 5.41) is 0. The summed E-state index contributed by atoms with van der Waals surface area (Å²) < 4.78 is 14.2. The molecule has 0 fully saturated rings. The highest BCUT2D eigenvalue weighted by molar-refractivity contribution is 5.87. The molecule has 0 atom stereocenters. The van der Waals surface area contributed by atoms with Crippen molar-refractivity contribution in [2.75, 3.05) is 19.8 Å². The van der Waals surface area contributed by atoms with E-state index in [2.05, 4.69) is 29.6 Å². The fourth-order valence-corrected chi connectivity index (χ4v) is 3.38. The number of rotatable bonds is 22. The van der Waals surface area contributed by atoms with Crippen molar-refractivity contribution in [3.63, 3.8) is 0 Å². The molecular formula is C30H54O6. The highest BCUT2D eigenvalue weighted by atomic mass is 16.6. The van der Waals surface area contributed by atoms with Crippen LogP contribution in [0.3, 0.4) is 0 Å². The number of hydrogen-bond acceptors (Lipinski definition) is 6. The Morgan fingerprint density at radius 3 is 1.11 bits per heavy atom. The van der Waals surface area contributed by atoms with E-state index >= 15 is 0 Å². The maximum Gasteiger partial charge on any atom is 0.333 e. The van der Waals surface area contributed by atoms with Crippen molar-refractivity contribution in [1.82, 2.24) is 0 Å². The van der Waals surface area contributed by atoms with E-state index in [4.69, 9.17) is 4.74 Å². The fraction of sp³-hybridized carbons (Fsp3) is 0.767. The van der Waals surface area contributed by atoms with Crippen LogP contribution < -0.4 is 0 Å². The van der Waals surface area contributed by atoms with Gasteiger partial charge in [0.2, 0.25) is 0 Å². The zero-order valence-corrected chi connectivity index (χ0v) is 23.8. The second-order valence-corrected chi connectivity index (χ2v) is 9.48. The average Bonchev–Trinajstić information content (AvgIpc) is 2.83. The standard InChI is InChI=1S/C22H42O2.C8H12O4/c1-4-5-6-7-8-9-10-11-12-13-14-15-16-17-18-19-20-24-22(23)21(2)3;1-6(2)8(10)12-5-4-11-7(3)9/h2,4-20H2,1,3H3;1,4-5H2,2-3H3. The zero-order valence-electron chi connectivity index (χ0n) is 23.8. The van der Waals surface area contributed by atoms with E-state index in [0.717, 1.165) is 6.42 Å². The average molecular weight is 511 g/mol. The summed E-state index contributed by atoms with van der Waals surface area (Å²) in [4.78, 5) is 32.1. The summed E-state index contributed by atoms with van der Waals surface area (Å²) in [5.74, 6) is -1.11. The monoisotopic (exact) mass is 510 g/mol. The molecular weight excluding hydrogens is 456 g/mol. The molecule has 0 aromatic heterocycles. The lowest BCUT2D eigenvalue weighted by molar-refractivity contribution is -0.148. The maximum atomic E-state index is 11.2. The van der Waals surface area contributed by atoms with Gasteiger partial charge in [0, 0.05) is 18.1 Å². The molecule has 0 heterocycles. The summed E-state index contributed by atoms with van der Waals surface area (Å²) >= 11 is 0. The molecule has 0 aliphatic heterocycles. The number of carbonyl (C=O) groups excluding carboxylic acids is 3. The van der Waals surface area contributed by atoms with Crippen molar-refractivity contribution >= 4 is 17.9 Å². The lowest BCUT2D eigenvalue weighted by Gasteiger charge is -2.05. The first kappa shape index (κ1) is 36.0. The van der Waals surface area contributed by atoms with Crippen LogP contribution in [0.4, 0.5) is 0 Å². The van der Waals surface area contributed by atoms with Crippen LogP contribution in [-0.4, -0.2) is 37.7 Å². The van der Waals surface area contributed by atoms with Gasteiger partial charge in [-0.2, -0.15) is 0 Å². The van der Waals surface area contributed by atoms with Gasteiger partial charge in [-0.1, -0.05) is 116 Å². The molecule has 0 rings (SSSR count). The molecule has 210 valence electrons. The van der Waals surface area contributed by atoms with E-state index in [0.29, 0.717) is 17.8 Å². The van der Waals surface area contributed by atoms with Gasteiger partial charge in [-0.05, 0) is 20.3 Å². The molecule has 0 aliphatic carbocycles. The smallest absolute Gasteiger partial charge is 0.333 e. The van der Waals surface area contributed by atoms with E-state index in [1.165, 1.54) is 103 Å². The Balaban J connectivity index is 0. The molecule has 6 nitrogen and oxygen atoms in total. The first-order valence-electron chi connectivity index (χ1n) is 14.0. The Morgan fingerprint density at radius 1 is 0.472 bits per heavy atom. The van der Waals surface area contributed by atoms with Crippen LogP contribution in [0.2, 0.25) is 0 Å². The number of hydrogen-bond donors (Lipinski definition) is 0. The van der Waals surface area contributed by atoms with Gasteiger partial charge >= 0.3 is 17.9 Å². The molecule has 0 spiro atoms. The van der Waals surface area contributed by atoms with Crippen molar-refractivity contribution in [1.29, 1.82) is 0 Å². The summed E-state index contributed by atoms with van der Waals surface area (Å²) in [6, 6.07) is 0. The molecule has 0 N–H and O–H groups in total. The Hall–Kier alpha value is -2.11. The first-order valence-corrected chi connectivity index (χ1v) is 14.0. The van der Waals surface area contributed by atoms with Gasteiger partial charge < -0.3 is 14.2 Å². The fourth-order valence-electron chi connectivity index (χ4n) is 3.38. The quantitative estimate of drug-likeness (QED) is 0.0634. The van der Waals surface area contributed by atoms with Crippen LogP contribution >= 0.6 is 0 Å². The Kier molecular flexibility index (Phi) is 27.5. The molecule has 0 saturated carbocycles. The molecule has 0 saturated heterocycles. The van der Waals surface area contributed by atoms with Crippen LogP contribution in [0.1, 0.15) is 130 Å². The van der Waals surface area contributed by atoms with Crippen LogP contribution in [0.5, 0.6) is 0 Å². The summed E-state index contributed by atoms with van der Waals surface area (Å²) in [7, 11) is 0. The topological polar surface area (TPSA) is 78.9 Å². The maximum absolute atomic E-state index is 11.2. The Bertz CT molecular complexity index is 596. The minimum atomic E-state index is -0.470. The lowest BCUT2D eigenvalue weighted by atomic mass is 10.0. The lowest BCUT2D eigenvalue weighted by Crippen LogP contribution is -2.12. The number of carbonyl (C=O) groups is 3. The minimum Gasteiger partial charge on any atom is -0.462 e. The van der Waals surface area contributed by atoms with E-state index in [1.807, 2.05) is 0 Å². The second-order valence-electron chi connectivity index (χ2n) is 9.48. The van der Waals surface area contributed by atoms with Crippen LogP contribution in [-0.2, 0) is 28.6 Å². The van der Waals surface area contributed by atoms with Crippen molar-refractivity contribution in [3.8, 4) is 0 Å². The molecule has 36 heavy (non-hydrogen) atoms. The SMILES string of the molecule is C=C(C)C(=O)OCCCCCCCCCCCCCCCCCC.C=C(C)C(=O)OCCOC(C)=O. The van der Waals surface area contributed by atoms with Crippen LogP contribution in [0, 0.1) is 0 Å². The minimum absolute atomic E-state index is 0.0747. The van der Waals surface area contributed by atoms with E-state index in [9.17, 15) is 14.4 Å². The first-order chi connectivity index (χ1) is 17.2. The van der Waals surface area contributed by atoms with Gasteiger partial charge in [0.05, 0.1) is 6.61 Å². The highest BCUT2D eigenvalue weighted by Crippen LogP contribution is 2.13. The van der Waals surface area contributed by atoms with Gasteiger partial charge in [-0.3, -0.25) is 4.79 Å². The number of unbranched alkanes of at least 4 members (excludes halogenated alkanes) is 15. The third-order valence-electron chi connectivity index (χ3n) is 5.55. The molecule has 0 aliphatic rings. The summed E-state index contributed by atoms with van der Waals surface area (Å²) in [5.41, 5.74) is 0.823. The normalized spacial score (nSPS) is 10.1. The predicted molar refractivity (Wildman–Crippen MR) is 148 cm³/mol. The van der Waals surface area contributed by atoms with Gasteiger partial charge in [0.15, 0.2) is 0 Å². The third-order valence-corrected chi connectivity index (χ3v) is 5.55. The van der Waals surface area contributed by atoms with Gasteiger partial charge in [-0.25, -0.2) is 9.59 Å². The predicted octanol–water partition coefficient (Wildman–Crippen LogP) is 8.04. The molecule has 0 amide bonds. The number of ether oxygens (including phenoxy) is 3. The van der Waals surface area contributed by atoms with Gasteiger partial charge in [0.25, 0.3) is 0 Å². The van der Waals surface area contributed by atoms with Crippen molar-refractivity contribution in [2.45, 2.75) is 130 Å².